The van der Waals surface area contributed by atoms with E-state index in [2.05, 4.69) is 20.4 Å². The maximum absolute atomic E-state index is 12.1. The van der Waals surface area contributed by atoms with Gasteiger partial charge in [0.1, 0.15) is 12.1 Å². The number of ketones is 1. The number of carbonyl (C=O) groups is 1. The number of fused-ring (bicyclic) bond motifs is 2. The van der Waals surface area contributed by atoms with Crippen LogP contribution >= 0.6 is 11.6 Å². The summed E-state index contributed by atoms with van der Waals surface area (Å²) in [5.41, 5.74) is 4.02. The number of ether oxygens (including phenoxy) is 1. The average molecular weight is 438 g/mol. The van der Waals surface area contributed by atoms with Crippen molar-refractivity contribution < 1.29 is 9.53 Å². The van der Waals surface area contributed by atoms with Crippen molar-refractivity contribution in [3.63, 3.8) is 0 Å². The second kappa shape index (κ2) is 7.21. The van der Waals surface area contributed by atoms with E-state index in [0.717, 1.165) is 68.1 Å². The molecule has 2 aliphatic carbocycles. The molecule has 31 heavy (non-hydrogen) atoms. The third-order valence-electron chi connectivity index (χ3n) is 6.89. The van der Waals surface area contributed by atoms with Gasteiger partial charge in [-0.15, -0.1) is 10.2 Å². The molecule has 7 nitrogen and oxygen atoms in total. The Morgan fingerprint density at radius 1 is 1.23 bits per heavy atom. The molecule has 2 fully saturated rings. The van der Waals surface area contributed by atoms with Gasteiger partial charge >= 0.3 is 0 Å². The SMILES string of the molecule is O=C1CCc2c(OC3CC4(C3)CN(CCNc3ccn5cnnc5c3)C4)ccc(Cl)c21. The summed E-state index contributed by atoms with van der Waals surface area (Å²) in [5.74, 6) is 0.996. The highest BCUT2D eigenvalue weighted by Gasteiger charge is 2.53. The molecule has 1 spiro atoms. The van der Waals surface area contributed by atoms with Crippen molar-refractivity contribution in [3.8, 4) is 5.75 Å². The molecule has 1 aliphatic heterocycles. The summed E-state index contributed by atoms with van der Waals surface area (Å²) in [7, 11) is 0. The van der Waals surface area contributed by atoms with E-state index in [1.807, 2.05) is 28.8 Å². The van der Waals surface area contributed by atoms with E-state index in [9.17, 15) is 4.79 Å². The molecule has 6 rings (SSSR count). The summed E-state index contributed by atoms with van der Waals surface area (Å²) in [4.78, 5) is 14.6. The van der Waals surface area contributed by atoms with Crippen molar-refractivity contribution in [1.82, 2.24) is 19.5 Å². The lowest BCUT2D eigenvalue weighted by Crippen LogP contribution is -2.65. The Labute approximate surface area is 185 Å². The van der Waals surface area contributed by atoms with Crippen LogP contribution in [0.2, 0.25) is 5.02 Å². The minimum absolute atomic E-state index is 0.139. The van der Waals surface area contributed by atoms with E-state index in [4.69, 9.17) is 16.3 Å². The molecule has 8 heteroatoms. The Kier molecular flexibility index (Phi) is 4.43. The van der Waals surface area contributed by atoms with Crippen LogP contribution < -0.4 is 10.1 Å². The number of halogens is 1. The Balaban J connectivity index is 0.970. The number of Topliss-reactive ketones (excluding diaryl/α,β-unsaturated/α-hetero) is 1. The van der Waals surface area contributed by atoms with E-state index in [-0.39, 0.29) is 11.9 Å². The number of rotatable bonds is 6. The van der Waals surface area contributed by atoms with Crippen LogP contribution in [0, 0.1) is 5.41 Å². The van der Waals surface area contributed by atoms with E-state index in [0.29, 0.717) is 22.4 Å². The van der Waals surface area contributed by atoms with Gasteiger partial charge in [0, 0.05) is 67.1 Å². The van der Waals surface area contributed by atoms with Gasteiger partial charge in [0.15, 0.2) is 11.4 Å². The minimum Gasteiger partial charge on any atom is -0.490 e. The van der Waals surface area contributed by atoms with Crippen molar-refractivity contribution in [3.05, 3.63) is 52.9 Å². The van der Waals surface area contributed by atoms with Crippen LogP contribution in [0.4, 0.5) is 5.69 Å². The molecular formula is C23H24ClN5O2. The standard InChI is InChI=1S/C23H24ClN5O2/c24-18-2-4-20(17-1-3-19(30)22(17)18)31-16-10-23(11-16)12-28(13-23)8-6-25-15-5-7-29-14-26-27-21(29)9-15/h2,4-5,7,9,14,16,25H,1,3,6,8,10-13H2. The van der Waals surface area contributed by atoms with Crippen LogP contribution in [-0.4, -0.2) is 57.6 Å². The van der Waals surface area contributed by atoms with Gasteiger partial charge in [-0.2, -0.15) is 0 Å². The topological polar surface area (TPSA) is 71.8 Å². The first-order chi connectivity index (χ1) is 15.1. The van der Waals surface area contributed by atoms with Gasteiger partial charge in [-0.3, -0.25) is 9.20 Å². The Bertz CT molecular complexity index is 1160. The number of likely N-dealkylation sites (tertiary alicyclic amines) is 1. The van der Waals surface area contributed by atoms with Crippen molar-refractivity contribution in [2.24, 2.45) is 5.41 Å². The fraction of sp³-hybridized carbons (Fsp3) is 0.435. The highest BCUT2D eigenvalue weighted by Crippen LogP contribution is 2.50. The molecule has 0 amide bonds. The van der Waals surface area contributed by atoms with Crippen molar-refractivity contribution in [1.29, 1.82) is 0 Å². The summed E-state index contributed by atoms with van der Waals surface area (Å²) in [6, 6.07) is 7.79. The third-order valence-corrected chi connectivity index (χ3v) is 7.21. The Hall–Kier alpha value is -2.64. The van der Waals surface area contributed by atoms with Crippen LogP contribution in [0.5, 0.6) is 5.75 Å². The van der Waals surface area contributed by atoms with Gasteiger partial charge in [-0.05, 0) is 37.5 Å². The Morgan fingerprint density at radius 2 is 2.10 bits per heavy atom. The lowest BCUT2D eigenvalue weighted by molar-refractivity contribution is -0.117. The fourth-order valence-electron chi connectivity index (χ4n) is 5.40. The molecule has 3 aliphatic rings. The number of nitrogens with zero attached hydrogens (tertiary/aromatic N) is 4. The van der Waals surface area contributed by atoms with Crippen LogP contribution in [0.15, 0.2) is 36.8 Å². The monoisotopic (exact) mass is 437 g/mol. The predicted molar refractivity (Wildman–Crippen MR) is 118 cm³/mol. The third kappa shape index (κ3) is 3.36. The van der Waals surface area contributed by atoms with Crippen LogP contribution in [0.3, 0.4) is 0 Å². The number of hydrogen-bond acceptors (Lipinski definition) is 6. The number of anilines is 1. The van der Waals surface area contributed by atoms with Gasteiger partial charge in [0.2, 0.25) is 0 Å². The maximum Gasteiger partial charge on any atom is 0.165 e. The summed E-state index contributed by atoms with van der Waals surface area (Å²) < 4.78 is 8.17. The van der Waals surface area contributed by atoms with E-state index in [1.54, 1.807) is 12.4 Å². The summed E-state index contributed by atoms with van der Waals surface area (Å²) in [6.07, 6.45) is 7.38. The number of aromatic nitrogens is 3. The van der Waals surface area contributed by atoms with E-state index in [1.165, 1.54) is 0 Å². The number of nitrogens with one attached hydrogen (secondary N) is 1. The highest BCUT2D eigenvalue weighted by atomic mass is 35.5. The van der Waals surface area contributed by atoms with Gasteiger partial charge in [-0.1, -0.05) is 11.6 Å². The molecule has 160 valence electrons. The first kappa shape index (κ1) is 19.1. The number of carbonyl (C=O) groups excluding carboxylic acids is 1. The summed E-state index contributed by atoms with van der Waals surface area (Å²) in [5, 5.41) is 12.0. The molecule has 0 atom stereocenters. The first-order valence-corrected chi connectivity index (χ1v) is 11.2. The fourth-order valence-corrected chi connectivity index (χ4v) is 5.68. The van der Waals surface area contributed by atoms with E-state index >= 15 is 0 Å². The van der Waals surface area contributed by atoms with E-state index < -0.39 is 0 Å². The number of pyridine rings is 1. The van der Waals surface area contributed by atoms with Crippen LogP contribution in [0.1, 0.15) is 35.2 Å². The molecule has 1 saturated carbocycles. The molecule has 3 aromatic rings. The second-order valence-electron chi connectivity index (χ2n) is 9.12. The molecule has 3 heterocycles. The maximum atomic E-state index is 12.1. The van der Waals surface area contributed by atoms with Crippen molar-refractivity contribution in [2.45, 2.75) is 31.8 Å². The molecule has 0 unspecified atom stereocenters. The highest BCUT2D eigenvalue weighted by molar-refractivity contribution is 6.34. The zero-order chi connectivity index (χ0) is 21.0. The van der Waals surface area contributed by atoms with Crippen LogP contribution in [0.25, 0.3) is 5.65 Å². The predicted octanol–water partition coefficient (Wildman–Crippen LogP) is 3.47. The molecule has 1 N–H and O–H groups in total. The van der Waals surface area contributed by atoms with Gasteiger partial charge < -0.3 is 15.0 Å². The molecule has 1 aromatic carbocycles. The minimum atomic E-state index is 0.139. The normalized spacial score (nSPS) is 20.0. The number of hydrogen-bond donors (Lipinski definition) is 1. The summed E-state index contributed by atoms with van der Waals surface area (Å²) >= 11 is 6.22. The van der Waals surface area contributed by atoms with Crippen LogP contribution in [-0.2, 0) is 6.42 Å². The zero-order valence-corrected chi connectivity index (χ0v) is 17.9. The Morgan fingerprint density at radius 3 is 2.97 bits per heavy atom. The summed E-state index contributed by atoms with van der Waals surface area (Å²) in [6.45, 7) is 4.20. The van der Waals surface area contributed by atoms with Crippen molar-refractivity contribution in [2.75, 3.05) is 31.5 Å². The molecule has 0 radical (unpaired) electrons. The average Bonchev–Trinajstić information content (AvgIpc) is 3.33. The van der Waals surface area contributed by atoms with Gasteiger partial charge in [-0.25, -0.2) is 0 Å². The lowest BCUT2D eigenvalue weighted by atomic mass is 9.61. The molecule has 1 saturated heterocycles. The molecule has 0 bridgehead atoms. The van der Waals surface area contributed by atoms with Crippen molar-refractivity contribution >= 4 is 28.7 Å². The zero-order valence-electron chi connectivity index (χ0n) is 17.2. The van der Waals surface area contributed by atoms with Gasteiger partial charge in [0.05, 0.1) is 11.1 Å². The quantitative estimate of drug-likeness (QED) is 0.636. The van der Waals surface area contributed by atoms with Gasteiger partial charge in [0.25, 0.3) is 0 Å². The molecule has 2 aromatic heterocycles. The lowest BCUT2D eigenvalue weighted by Gasteiger charge is -2.58. The second-order valence-corrected chi connectivity index (χ2v) is 9.53. The number of benzene rings is 1. The largest absolute Gasteiger partial charge is 0.490 e. The smallest absolute Gasteiger partial charge is 0.165 e. The molecular weight excluding hydrogens is 414 g/mol. The first-order valence-electron chi connectivity index (χ1n) is 10.9.